The minimum absolute atomic E-state index is 0.110. The molecule has 98 valence electrons. The van der Waals surface area contributed by atoms with E-state index in [1.807, 2.05) is 19.1 Å². The maximum atomic E-state index is 12.0. The normalized spacial score (nSPS) is 11.8. The Hall–Kier alpha value is -2.08. The summed E-state index contributed by atoms with van der Waals surface area (Å²) in [6, 6.07) is 8.94. The van der Waals surface area contributed by atoms with Gasteiger partial charge in [-0.25, -0.2) is 9.97 Å². The number of nitrogens with one attached hydrogen (secondary N) is 1. The third kappa shape index (κ3) is 3.69. The highest BCUT2D eigenvalue weighted by Gasteiger charge is 2.15. The van der Waals surface area contributed by atoms with Crippen LogP contribution in [0, 0.1) is 0 Å². The number of carbonyl (C=O) groups is 1. The molecule has 0 aliphatic rings. The molecule has 1 amide bonds. The second-order valence-electron chi connectivity index (χ2n) is 3.88. The van der Waals surface area contributed by atoms with Gasteiger partial charge in [-0.05, 0) is 25.1 Å². The molecular formula is C13H14N4OS. The molecule has 0 spiro atoms. The van der Waals surface area contributed by atoms with E-state index in [2.05, 4.69) is 15.3 Å². The van der Waals surface area contributed by atoms with Crippen LogP contribution < -0.4 is 11.1 Å². The van der Waals surface area contributed by atoms with Gasteiger partial charge >= 0.3 is 0 Å². The minimum Gasteiger partial charge on any atom is -0.397 e. The predicted molar refractivity (Wildman–Crippen MR) is 76.8 cm³/mol. The molecule has 6 heteroatoms. The summed E-state index contributed by atoms with van der Waals surface area (Å²) >= 11 is 1.37. The molecule has 0 fully saturated rings. The van der Waals surface area contributed by atoms with Crippen LogP contribution >= 0.6 is 11.8 Å². The van der Waals surface area contributed by atoms with Crippen LogP contribution in [0.15, 0.2) is 47.9 Å². The van der Waals surface area contributed by atoms with Crippen LogP contribution in [0.1, 0.15) is 6.92 Å². The number of para-hydroxylation sites is 2. The van der Waals surface area contributed by atoms with Crippen LogP contribution in [-0.2, 0) is 4.79 Å². The van der Waals surface area contributed by atoms with Gasteiger partial charge in [0, 0.05) is 6.20 Å². The lowest BCUT2D eigenvalue weighted by Gasteiger charge is -2.12. The summed E-state index contributed by atoms with van der Waals surface area (Å²) in [6.07, 6.45) is 3.11. The van der Waals surface area contributed by atoms with Gasteiger partial charge in [-0.15, -0.1) is 0 Å². The van der Waals surface area contributed by atoms with E-state index in [9.17, 15) is 4.79 Å². The first-order valence-electron chi connectivity index (χ1n) is 5.75. The maximum Gasteiger partial charge on any atom is 0.237 e. The van der Waals surface area contributed by atoms with Crippen LogP contribution in [0.4, 0.5) is 11.4 Å². The minimum atomic E-state index is -0.269. The lowest BCUT2D eigenvalue weighted by Crippen LogP contribution is -2.23. The number of carbonyl (C=O) groups excluding carboxylic acids is 1. The standard InChI is InChI=1S/C13H14N4OS/c1-9(19-12-6-7-15-8-16-12)13(18)17-11-5-3-2-4-10(11)14/h2-9H,14H2,1H3,(H,17,18). The first-order chi connectivity index (χ1) is 9.16. The monoisotopic (exact) mass is 274 g/mol. The molecule has 0 saturated heterocycles. The second kappa shape index (κ2) is 6.19. The number of nitrogen functional groups attached to an aromatic ring is 1. The third-order valence-corrected chi connectivity index (χ3v) is 3.49. The van der Waals surface area contributed by atoms with E-state index in [1.165, 1.54) is 18.1 Å². The zero-order valence-corrected chi connectivity index (χ0v) is 11.2. The summed E-state index contributed by atoms with van der Waals surface area (Å²) in [4.78, 5) is 19.9. The van der Waals surface area contributed by atoms with Crippen molar-refractivity contribution in [3.05, 3.63) is 42.9 Å². The average molecular weight is 274 g/mol. The molecule has 19 heavy (non-hydrogen) atoms. The Morgan fingerprint density at radius 2 is 2.16 bits per heavy atom. The van der Waals surface area contributed by atoms with E-state index < -0.39 is 0 Å². The van der Waals surface area contributed by atoms with Crippen molar-refractivity contribution in [3.8, 4) is 0 Å². The summed E-state index contributed by atoms with van der Waals surface area (Å²) in [7, 11) is 0. The molecule has 0 bridgehead atoms. The smallest absolute Gasteiger partial charge is 0.237 e. The molecule has 3 N–H and O–H groups in total. The van der Waals surface area contributed by atoms with Gasteiger partial charge in [0.25, 0.3) is 0 Å². The molecule has 1 aromatic heterocycles. The number of rotatable bonds is 4. The van der Waals surface area contributed by atoms with Crippen LogP contribution in [0.5, 0.6) is 0 Å². The second-order valence-corrected chi connectivity index (χ2v) is 5.25. The fourth-order valence-electron chi connectivity index (χ4n) is 1.43. The van der Waals surface area contributed by atoms with Gasteiger partial charge in [0.2, 0.25) is 5.91 Å². The number of anilines is 2. The molecule has 2 aromatic rings. The molecule has 5 nitrogen and oxygen atoms in total. The van der Waals surface area contributed by atoms with E-state index >= 15 is 0 Å². The van der Waals surface area contributed by atoms with Gasteiger partial charge in [0.15, 0.2) is 0 Å². The van der Waals surface area contributed by atoms with Crippen molar-refractivity contribution in [2.24, 2.45) is 0 Å². The quantitative estimate of drug-likeness (QED) is 0.507. The zero-order valence-electron chi connectivity index (χ0n) is 10.4. The fraction of sp³-hybridized carbons (Fsp3) is 0.154. The van der Waals surface area contributed by atoms with Gasteiger partial charge < -0.3 is 11.1 Å². The van der Waals surface area contributed by atoms with Crippen LogP contribution in [-0.4, -0.2) is 21.1 Å². The molecule has 0 aliphatic carbocycles. The predicted octanol–water partition coefficient (Wildman–Crippen LogP) is 2.18. The number of thioether (sulfide) groups is 1. The third-order valence-electron chi connectivity index (χ3n) is 2.44. The zero-order chi connectivity index (χ0) is 13.7. The Bertz CT molecular complexity index is 562. The van der Waals surface area contributed by atoms with Crippen molar-refractivity contribution in [1.82, 2.24) is 9.97 Å². The summed E-state index contributed by atoms with van der Waals surface area (Å²) in [5, 5.41) is 3.30. The Morgan fingerprint density at radius 3 is 2.84 bits per heavy atom. The highest BCUT2D eigenvalue weighted by molar-refractivity contribution is 8.00. The van der Waals surface area contributed by atoms with Crippen molar-refractivity contribution < 1.29 is 4.79 Å². The Morgan fingerprint density at radius 1 is 1.37 bits per heavy atom. The summed E-state index contributed by atoms with van der Waals surface area (Å²) in [5.74, 6) is -0.110. The van der Waals surface area contributed by atoms with E-state index in [1.54, 1.807) is 24.4 Å². The number of amides is 1. The van der Waals surface area contributed by atoms with Crippen molar-refractivity contribution >= 4 is 29.0 Å². The lowest BCUT2D eigenvalue weighted by atomic mass is 10.2. The Labute approximate surface area is 115 Å². The fourth-order valence-corrected chi connectivity index (χ4v) is 2.20. The van der Waals surface area contributed by atoms with Crippen molar-refractivity contribution in [2.45, 2.75) is 17.2 Å². The SMILES string of the molecule is CC(Sc1ccncn1)C(=O)Nc1ccccc1N. The van der Waals surface area contributed by atoms with Crippen molar-refractivity contribution in [3.63, 3.8) is 0 Å². The first-order valence-corrected chi connectivity index (χ1v) is 6.63. The van der Waals surface area contributed by atoms with Gasteiger partial charge in [-0.2, -0.15) is 0 Å². The highest BCUT2D eigenvalue weighted by Crippen LogP contribution is 2.23. The van der Waals surface area contributed by atoms with Gasteiger partial charge in [-0.3, -0.25) is 4.79 Å². The number of nitrogens with zero attached hydrogens (tertiary/aromatic N) is 2. The molecule has 1 unspecified atom stereocenters. The first kappa shape index (κ1) is 13.4. The van der Waals surface area contributed by atoms with E-state index in [-0.39, 0.29) is 11.2 Å². The molecule has 0 radical (unpaired) electrons. The molecule has 0 aliphatic heterocycles. The number of aromatic nitrogens is 2. The number of hydrogen-bond donors (Lipinski definition) is 2. The molecule has 1 aromatic carbocycles. The molecule has 2 rings (SSSR count). The molecule has 1 heterocycles. The summed E-state index contributed by atoms with van der Waals surface area (Å²) in [5.41, 5.74) is 6.96. The van der Waals surface area contributed by atoms with E-state index in [4.69, 9.17) is 5.73 Å². The largest absolute Gasteiger partial charge is 0.397 e. The van der Waals surface area contributed by atoms with Gasteiger partial charge in [0.1, 0.15) is 11.4 Å². The molecular weight excluding hydrogens is 260 g/mol. The van der Waals surface area contributed by atoms with Crippen molar-refractivity contribution in [2.75, 3.05) is 11.1 Å². The van der Waals surface area contributed by atoms with Crippen LogP contribution in [0.3, 0.4) is 0 Å². The van der Waals surface area contributed by atoms with E-state index in [0.717, 1.165) is 5.03 Å². The average Bonchev–Trinajstić information content (AvgIpc) is 2.42. The van der Waals surface area contributed by atoms with Crippen LogP contribution in [0.2, 0.25) is 0 Å². The number of benzene rings is 1. The highest BCUT2D eigenvalue weighted by atomic mass is 32.2. The Balaban J connectivity index is 1.99. The summed E-state index contributed by atoms with van der Waals surface area (Å²) < 4.78 is 0. The number of nitrogens with two attached hydrogens (primary N) is 1. The summed E-state index contributed by atoms with van der Waals surface area (Å²) in [6.45, 7) is 1.82. The molecule has 1 atom stereocenters. The van der Waals surface area contributed by atoms with Gasteiger partial charge in [0.05, 0.1) is 16.6 Å². The topological polar surface area (TPSA) is 80.9 Å². The van der Waals surface area contributed by atoms with Gasteiger partial charge in [-0.1, -0.05) is 23.9 Å². The Kier molecular flexibility index (Phi) is 4.35. The van der Waals surface area contributed by atoms with Crippen molar-refractivity contribution in [1.29, 1.82) is 0 Å². The number of hydrogen-bond acceptors (Lipinski definition) is 5. The van der Waals surface area contributed by atoms with E-state index in [0.29, 0.717) is 11.4 Å². The lowest BCUT2D eigenvalue weighted by molar-refractivity contribution is -0.115. The van der Waals surface area contributed by atoms with Crippen LogP contribution in [0.25, 0.3) is 0 Å². The molecule has 0 saturated carbocycles. The maximum absolute atomic E-state index is 12.0.